The number of hydrogen-bond acceptors (Lipinski definition) is 6. The van der Waals surface area contributed by atoms with Crippen molar-refractivity contribution in [1.82, 2.24) is 9.21 Å². The van der Waals surface area contributed by atoms with Gasteiger partial charge in [-0.2, -0.15) is 4.31 Å². The van der Waals surface area contributed by atoms with Crippen LogP contribution in [0.25, 0.3) is 0 Å². The minimum Gasteiger partial charge on any atom is -0.482 e. The van der Waals surface area contributed by atoms with Gasteiger partial charge in [0.2, 0.25) is 15.9 Å². The molecule has 0 spiro atoms. The van der Waals surface area contributed by atoms with Crippen LogP contribution in [0.1, 0.15) is 25.8 Å². The summed E-state index contributed by atoms with van der Waals surface area (Å²) in [5.41, 5.74) is 2.49. The van der Waals surface area contributed by atoms with E-state index in [-0.39, 0.29) is 41.7 Å². The summed E-state index contributed by atoms with van der Waals surface area (Å²) in [6, 6.07) is 10.4. The maximum Gasteiger partial charge on any atom is 0.265 e. The fourth-order valence-corrected chi connectivity index (χ4v) is 7.69. The molecule has 0 N–H and O–H groups in total. The molecule has 0 radical (unpaired) electrons. The van der Waals surface area contributed by atoms with Gasteiger partial charge in [-0.3, -0.25) is 14.5 Å². The molecule has 0 bridgehead atoms. The Morgan fingerprint density at radius 1 is 1.00 bits per heavy atom. The zero-order valence-corrected chi connectivity index (χ0v) is 24.2. The molecule has 3 heterocycles. The molecule has 0 saturated carbocycles. The Kier molecular flexibility index (Phi) is 7.81. The molecule has 2 aromatic carbocycles. The lowest BCUT2D eigenvalue weighted by atomic mass is 9.94. The summed E-state index contributed by atoms with van der Waals surface area (Å²) in [5.74, 6) is 0.360. The van der Waals surface area contributed by atoms with Gasteiger partial charge in [-0.1, -0.05) is 31.5 Å². The lowest BCUT2D eigenvalue weighted by molar-refractivity contribution is -0.132. The minimum absolute atomic E-state index is 0.101. The SMILES string of the molecule is Cc1ccc(Cl)cc1N1CCN(C(=O)CN2C(=O)COc3ccc(S(=O)(=O)N4C[C@H](C)C[C@H](C)C4)cc32)CC1. The number of amides is 2. The third kappa shape index (κ3) is 5.73. The number of piperidine rings is 1. The smallest absolute Gasteiger partial charge is 0.265 e. The summed E-state index contributed by atoms with van der Waals surface area (Å²) in [4.78, 5) is 31.6. The molecule has 0 aromatic heterocycles. The Bertz CT molecular complexity index is 1370. The number of nitrogens with zero attached hydrogens (tertiary/aromatic N) is 4. The number of fused-ring (bicyclic) bond motifs is 1. The van der Waals surface area contributed by atoms with Crippen molar-refractivity contribution in [2.45, 2.75) is 32.1 Å². The van der Waals surface area contributed by atoms with Crippen LogP contribution >= 0.6 is 11.6 Å². The lowest BCUT2D eigenvalue weighted by Gasteiger charge is -2.38. The number of hydrogen-bond donors (Lipinski definition) is 0. The third-order valence-electron chi connectivity index (χ3n) is 7.78. The number of ether oxygens (including phenoxy) is 1. The second-order valence-electron chi connectivity index (χ2n) is 11.0. The van der Waals surface area contributed by atoms with Gasteiger partial charge < -0.3 is 14.5 Å². The molecule has 9 nitrogen and oxygen atoms in total. The Morgan fingerprint density at radius 2 is 1.69 bits per heavy atom. The first kappa shape index (κ1) is 27.7. The standard InChI is InChI=1S/C28H35ClN4O5S/c1-19-12-20(2)16-32(15-19)39(36,37)23-6-7-26-25(14-23)33(28(35)18-38-26)17-27(34)31-10-8-30(9-11-31)24-13-22(29)5-4-21(24)3/h4-7,13-14,19-20H,8-12,15-18H2,1-3H3/t19-,20+. The quantitative estimate of drug-likeness (QED) is 0.544. The molecule has 3 aliphatic rings. The van der Waals surface area contributed by atoms with Gasteiger partial charge >= 0.3 is 0 Å². The van der Waals surface area contributed by atoms with Gasteiger partial charge in [0.05, 0.1) is 10.6 Å². The number of anilines is 2. The van der Waals surface area contributed by atoms with Crippen molar-refractivity contribution in [2.75, 3.05) is 62.2 Å². The zero-order valence-electron chi connectivity index (χ0n) is 22.6. The highest BCUT2D eigenvalue weighted by Gasteiger charge is 2.35. The third-order valence-corrected chi connectivity index (χ3v) is 9.85. The van der Waals surface area contributed by atoms with Gasteiger partial charge in [-0.15, -0.1) is 0 Å². The van der Waals surface area contributed by atoms with E-state index in [0.29, 0.717) is 55.7 Å². The Balaban J connectivity index is 1.31. The number of sulfonamides is 1. The van der Waals surface area contributed by atoms with Crippen LogP contribution in [-0.2, 0) is 19.6 Å². The van der Waals surface area contributed by atoms with Crippen LogP contribution in [0.3, 0.4) is 0 Å². The normalized spacial score (nSPS) is 22.5. The highest BCUT2D eigenvalue weighted by atomic mass is 35.5. The molecule has 3 aliphatic heterocycles. The largest absolute Gasteiger partial charge is 0.482 e. The predicted molar refractivity (Wildman–Crippen MR) is 151 cm³/mol. The Labute approximate surface area is 235 Å². The average Bonchev–Trinajstić information content (AvgIpc) is 2.91. The summed E-state index contributed by atoms with van der Waals surface area (Å²) >= 11 is 6.20. The summed E-state index contributed by atoms with van der Waals surface area (Å²) < 4.78 is 34.1. The summed E-state index contributed by atoms with van der Waals surface area (Å²) in [6.45, 7) is 9.01. The van der Waals surface area contributed by atoms with Gasteiger partial charge in [0.25, 0.3) is 5.91 Å². The highest BCUT2D eigenvalue weighted by molar-refractivity contribution is 7.89. The number of carbonyl (C=O) groups excluding carboxylic acids is 2. The second-order valence-corrected chi connectivity index (χ2v) is 13.3. The maximum atomic E-state index is 13.5. The maximum absolute atomic E-state index is 13.5. The van der Waals surface area contributed by atoms with Crippen molar-refractivity contribution in [1.29, 1.82) is 0 Å². The molecular formula is C28H35ClN4O5S. The molecule has 0 unspecified atom stereocenters. The van der Waals surface area contributed by atoms with E-state index >= 15 is 0 Å². The predicted octanol–water partition coefficient (Wildman–Crippen LogP) is 3.39. The number of aryl methyl sites for hydroxylation is 1. The van der Waals surface area contributed by atoms with E-state index in [1.807, 2.05) is 25.1 Å². The summed E-state index contributed by atoms with van der Waals surface area (Å²) in [7, 11) is -3.76. The van der Waals surface area contributed by atoms with E-state index in [1.54, 1.807) is 11.0 Å². The van der Waals surface area contributed by atoms with E-state index in [2.05, 4.69) is 18.7 Å². The molecule has 5 rings (SSSR count). The second kappa shape index (κ2) is 11.0. The Hall–Kier alpha value is -2.82. The number of halogens is 1. The average molecular weight is 575 g/mol. The topological polar surface area (TPSA) is 90.5 Å². The van der Waals surface area contributed by atoms with E-state index in [4.69, 9.17) is 16.3 Å². The van der Waals surface area contributed by atoms with Gasteiger partial charge in [0, 0.05) is 50.0 Å². The van der Waals surface area contributed by atoms with Crippen LogP contribution in [-0.4, -0.2) is 81.9 Å². The van der Waals surface area contributed by atoms with Crippen molar-refractivity contribution in [3.63, 3.8) is 0 Å². The van der Waals surface area contributed by atoms with Crippen molar-refractivity contribution in [3.05, 3.63) is 47.0 Å². The molecule has 2 fully saturated rings. The number of benzene rings is 2. The Morgan fingerprint density at radius 3 is 2.38 bits per heavy atom. The molecule has 11 heteroatoms. The van der Waals surface area contributed by atoms with Crippen molar-refractivity contribution in [2.24, 2.45) is 11.8 Å². The van der Waals surface area contributed by atoms with Crippen LogP contribution in [0, 0.1) is 18.8 Å². The van der Waals surface area contributed by atoms with E-state index < -0.39 is 10.0 Å². The highest BCUT2D eigenvalue weighted by Crippen LogP contribution is 2.36. The van der Waals surface area contributed by atoms with E-state index in [1.165, 1.54) is 21.3 Å². The first-order chi connectivity index (χ1) is 18.5. The van der Waals surface area contributed by atoms with Crippen LogP contribution in [0.2, 0.25) is 5.02 Å². The molecule has 0 aliphatic carbocycles. The fourth-order valence-electron chi connectivity index (χ4n) is 5.82. The number of piperazine rings is 1. The van der Waals surface area contributed by atoms with Crippen molar-refractivity contribution in [3.8, 4) is 5.75 Å². The molecule has 2 saturated heterocycles. The van der Waals surface area contributed by atoms with Gasteiger partial charge in [-0.05, 0) is 61.1 Å². The lowest BCUT2D eigenvalue weighted by Crippen LogP contribution is -2.53. The van der Waals surface area contributed by atoms with Crippen molar-refractivity contribution < 1.29 is 22.7 Å². The summed E-state index contributed by atoms with van der Waals surface area (Å²) in [6.07, 6.45) is 0.988. The molecular weight excluding hydrogens is 540 g/mol. The molecule has 2 amide bonds. The number of rotatable bonds is 5. The minimum atomic E-state index is -3.76. The van der Waals surface area contributed by atoms with Crippen LogP contribution in [0.4, 0.5) is 11.4 Å². The van der Waals surface area contributed by atoms with E-state index in [9.17, 15) is 18.0 Å². The molecule has 210 valence electrons. The van der Waals surface area contributed by atoms with Gasteiger partial charge in [-0.25, -0.2) is 8.42 Å². The zero-order chi connectivity index (χ0) is 27.9. The van der Waals surface area contributed by atoms with Crippen LogP contribution in [0.5, 0.6) is 5.75 Å². The van der Waals surface area contributed by atoms with Gasteiger partial charge in [0.1, 0.15) is 12.3 Å². The molecule has 2 atom stereocenters. The van der Waals surface area contributed by atoms with Crippen LogP contribution < -0.4 is 14.5 Å². The van der Waals surface area contributed by atoms with E-state index in [0.717, 1.165) is 17.7 Å². The molecule has 2 aromatic rings. The fraction of sp³-hybridized carbons (Fsp3) is 0.500. The molecule has 39 heavy (non-hydrogen) atoms. The monoisotopic (exact) mass is 574 g/mol. The van der Waals surface area contributed by atoms with Gasteiger partial charge in [0.15, 0.2) is 6.61 Å². The summed E-state index contributed by atoms with van der Waals surface area (Å²) in [5, 5.41) is 0.671. The first-order valence-electron chi connectivity index (χ1n) is 13.4. The van der Waals surface area contributed by atoms with Crippen LogP contribution in [0.15, 0.2) is 41.3 Å². The van der Waals surface area contributed by atoms with Crippen molar-refractivity contribution >= 4 is 44.8 Å². The first-order valence-corrected chi connectivity index (χ1v) is 15.2. The number of carbonyl (C=O) groups is 2.